The van der Waals surface area contributed by atoms with Gasteiger partial charge in [-0.05, 0) is 19.7 Å². The molecule has 0 fully saturated rings. The van der Waals surface area contributed by atoms with E-state index in [1.54, 1.807) is 0 Å². The van der Waals surface area contributed by atoms with Gasteiger partial charge in [0.25, 0.3) is 0 Å². The molecule has 0 radical (unpaired) electrons. The predicted molar refractivity (Wildman–Crippen MR) is 56.3 cm³/mol. The van der Waals surface area contributed by atoms with Gasteiger partial charge < -0.3 is 9.66 Å². The number of hydrogen-bond acceptors (Lipinski definition) is 4. The number of quaternary nitrogens is 1. The maximum Gasteiger partial charge on any atom is 0.119 e. The van der Waals surface area contributed by atoms with Gasteiger partial charge in [-0.15, -0.1) is 0 Å². The molecule has 0 heterocycles. The molecule has 0 aromatic rings. The van der Waals surface area contributed by atoms with Crippen LogP contribution in [0.4, 0.5) is 0 Å². The predicted octanol–water partition coefficient (Wildman–Crippen LogP) is 0.140. The fourth-order valence-electron chi connectivity index (χ4n) is 1.10. The summed E-state index contributed by atoms with van der Waals surface area (Å²) in [4.78, 5) is 0. The summed E-state index contributed by atoms with van der Waals surface area (Å²) in [6.45, 7) is 10.5. The normalized spacial score (nSPS) is 14.3. The van der Waals surface area contributed by atoms with Crippen LogP contribution in [0.2, 0.25) is 0 Å². The molecule has 0 bridgehead atoms. The van der Waals surface area contributed by atoms with Crippen LogP contribution in [0.5, 0.6) is 0 Å². The van der Waals surface area contributed by atoms with E-state index in [0.29, 0.717) is 0 Å². The van der Waals surface area contributed by atoms with E-state index in [0.717, 1.165) is 0 Å². The summed E-state index contributed by atoms with van der Waals surface area (Å²) in [6, 6.07) is 0. The second kappa shape index (κ2) is 5.22. The number of aliphatic hydroxyl groups is 1. The van der Waals surface area contributed by atoms with Crippen LogP contribution < -0.4 is 0 Å². The van der Waals surface area contributed by atoms with Crippen LogP contribution in [0.25, 0.3) is 0 Å². The van der Waals surface area contributed by atoms with Gasteiger partial charge in [0.05, 0.1) is 34.5 Å². The standard InChI is InChI=1S/C9H15NO4S/c1-4-10(5-2,6-3)7-9(11)8-15(12,13)14/h4-6,9,11H,1-3,7-8H2. The summed E-state index contributed by atoms with van der Waals surface area (Å²) in [6.07, 6.45) is 3.02. The number of nitrogens with zero attached hydrogens (tertiary/aromatic N) is 1. The molecular formula is C9H15NO4S. The zero-order chi connectivity index (χ0) is 12.1. The van der Waals surface area contributed by atoms with Crippen LogP contribution in [0, 0.1) is 0 Å². The molecule has 0 saturated heterocycles. The first kappa shape index (κ1) is 14.1. The molecule has 0 spiro atoms. The average molecular weight is 233 g/mol. The van der Waals surface area contributed by atoms with E-state index in [9.17, 15) is 18.1 Å². The first-order valence-electron chi connectivity index (χ1n) is 4.18. The minimum absolute atomic E-state index is 0.0298. The van der Waals surface area contributed by atoms with Crippen LogP contribution in [-0.4, -0.2) is 41.0 Å². The highest BCUT2D eigenvalue weighted by molar-refractivity contribution is 7.85. The highest BCUT2D eigenvalue weighted by atomic mass is 32.2. The van der Waals surface area contributed by atoms with Crippen LogP contribution >= 0.6 is 0 Å². The van der Waals surface area contributed by atoms with E-state index < -0.39 is 22.0 Å². The Balaban J connectivity index is 4.63. The molecule has 1 atom stereocenters. The molecule has 0 rings (SSSR count). The van der Waals surface area contributed by atoms with Gasteiger partial charge in [0.2, 0.25) is 0 Å². The molecule has 86 valence electrons. The van der Waals surface area contributed by atoms with Gasteiger partial charge in [-0.1, -0.05) is 0 Å². The molecule has 5 nitrogen and oxygen atoms in total. The molecule has 0 aliphatic carbocycles. The molecule has 0 aromatic carbocycles. The molecule has 6 heteroatoms. The average Bonchev–Trinajstić information content (AvgIpc) is 2.11. The van der Waals surface area contributed by atoms with Crippen LogP contribution in [0.3, 0.4) is 0 Å². The minimum atomic E-state index is -4.43. The molecule has 0 amide bonds. The zero-order valence-electron chi connectivity index (χ0n) is 8.37. The lowest BCUT2D eigenvalue weighted by Gasteiger charge is -2.27. The Morgan fingerprint density at radius 1 is 1.27 bits per heavy atom. The maximum absolute atomic E-state index is 10.4. The van der Waals surface area contributed by atoms with Crippen molar-refractivity contribution in [2.45, 2.75) is 6.10 Å². The van der Waals surface area contributed by atoms with Crippen molar-refractivity contribution in [3.8, 4) is 0 Å². The topological polar surface area (TPSA) is 77.4 Å². The van der Waals surface area contributed by atoms with Gasteiger partial charge in [0.1, 0.15) is 12.6 Å². The zero-order valence-corrected chi connectivity index (χ0v) is 9.19. The van der Waals surface area contributed by atoms with Gasteiger partial charge >= 0.3 is 0 Å². The second-order valence-electron chi connectivity index (χ2n) is 3.10. The third kappa shape index (κ3) is 4.89. The molecule has 1 N–H and O–H groups in total. The second-order valence-corrected chi connectivity index (χ2v) is 4.55. The third-order valence-electron chi connectivity index (χ3n) is 1.94. The van der Waals surface area contributed by atoms with Crippen molar-refractivity contribution < 1.29 is 22.6 Å². The molecule has 0 aliphatic rings. The molecule has 0 aromatic heterocycles. The largest absolute Gasteiger partial charge is 0.748 e. The first-order valence-corrected chi connectivity index (χ1v) is 5.76. The van der Waals surface area contributed by atoms with E-state index in [2.05, 4.69) is 19.7 Å². The summed E-state index contributed by atoms with van der Waals surface area (Å²) in [5.41, 5.74) is 0. The monoisotopic (exact) mass is 233 g/mol. The van der Waals surface area contributed by atoms with E-state index in [1.165, 1.54) is 18.6 Å². The maximum atomic E-state index is 10.4. The molecule has 0 aliphatic heterocycles. The lowest BCUT2D eigenvalue weighted by molar-refractivity contribution is -0.776. The van der Waals surface area contributed by atoms with Gasteiger partial charge in [0, 0.05) is 0 Å². The van der Waals surface area contributed by atoms with Crippen molar-refractivity contribution in [1.82, 2.24) is 0 Å². The van der Waals surface area contributed by atoms with Crippen LogP contribution in [0.1, 0.15) is 0 Å². The molecule has 15 heavy (non-hydrogen) atoms. The summed E-state index contributed by atoms with van der Waals surface area (Å²) in [7, 11) is -4.43. The quantitative estimate of drug-likeness (QED) is 0.501. The van der Waals surface area contributed by atoms with Crippen LogP contribution in [0.15, 0.2) is 38.3 Å². The number of rotatable bonds is 7. The van der Waals surface area contributed by atoms with Gasteiger partial charge in [0.15, 0.2) is 0 Å². The Hall–Kier alpha value is -0.950. The van der Waals surface area contributed by atoms with Gasteiger partial charge in [-0.25, -0.2) is 12.9 Å². The fourth-order valence-corrected chi connectivity index (χ4v) is 1.68. The lowest BCUT2D eigenvalue weighted by atomic mass is 10.3. The SMILES string of the molecule is C=C[N+](C=C)(C=C)CC(O)CS(=O)(=O)[O-]. The summed E-state index contributed by atoms with van der Waals surface area (Å²) in [5.74, 6) is -0.831. The fraction of sp³-hybridized carbons (Fsp3) is 0.333. The van der Waals surface area contributed by atoms with Crippen molar-refractivity contribution in [1.29, 1.82) is 0 Å². The molecule has 0 saturated carbocycles. The Morgan fingerprint density at radius 2 is 1.67 bits per heavy atom. The van der Waals surface area contributed by atoms with Crippen molar-refractivity contribution >= 4 is 10.1 Å². The number of hydrogen-bond donors (Lipinski definition) is 1. The highest BCUT2D eigenvalue weighted by Crippen LogP contribution is 2.11. The van der Waals surface area contributed by atoms with Gasteiger partial charge in [-0.2, -0.15) is 0 Å². The van der Waals surface area contributed by atoms with Gasteiger partial charge in [-0.3, -0.25) is 0 Å². The van der Waals surface area contributed by atoms with Crippen molar-refractivity contribution in [2.75, 3.05) is 12.3 Å². The number of aliphatic hydroxyl groups excluding tert-OH is 1. The van der Waals surface area contributed by atoms with E-state index in [-0.39, 0.29) is 11.0 Å². The Morgan fingerprint density at radius 3 is 1.93 bits per heavy atom. The third-order valence-corrected chi connectivity index (χ3v) is 2.74. The smallest absolute Gasteiger partial charge is 0.119 e. The summed E-state index contributed by atoms with van der Waals surface area (Å²) < 4.78 is 31.1. The van der Waals surface area contributed by atoms with Crippen LogP contribution in [-0.2, 0) is 10.1 Å². The van der Waals surface area contributed by atoms with Crippen molar-refractivity contribution in [2.24, 2.45) is 0 Å². The Kier molecular flexibility index (Phi) is 4.89. The Labute approximate surface area is 90.0 Å². The molecule has 1 unspecified atom stereocenters. The first-order chi connectivity index (χ1) is 6.78. The van der Waals surface area contributed by atoms with Crippen molar-refractivity contribution in [3.63, 3.8) is 0 Å². The Bertz CT molecular complexity index is 325. The van der Waals surface area contributed by atoms with E-state index in [4.69, 9.17) is 0 Å². The lowest BCUT2D eigenvalue weighted by Crippen LogP contribution is -2.40. The summed E-state index contributed by atoms with van der Waals surface area (Å²) >= 11 is 0. The highest BCUT2D eigenvalue weighted by Gasteiger charge is 2.23. The van der Waals surface area contributed by atoms with E-state index >= 15 is 0 Å². The summed E-state index contributed by atoms with van der Waals surface area (Å²) in [5, 5.41) is 9.38. The van der Waals surface area contributed by atoms with E-state index in [1.807, 2.05) is 0 Å². The van der Waals surface area contributed by atoms with Crippen molar-refractivity contribution in [3.05, 3.63) is 38.3 Å². The minimum Gasteiger partial charge on any atom is -0.748 e. The molecular weight excluding hydrogens is 218 g/mol.